The molecular weight excluding hydrogens is 727 g/mol. The molecule has 282 valence electrons. The van der Waals surface area contributed by atoms with Crippen molar-refractivity contribution in [2.45, 2.75) is 0 Å². The van der Waals surface area contributed by atoms with Gasteiger partial charge in [0.05, 0.1) is 0 Å². The van der Waals surface area contributed by atoms with E-state index in [0.29, 0.717) is 0 Å². The highest BCUT2D eigenvalue weighted by molar-refractivity contribution is 6.22. The van der Waals surface area contributed by atoms with Crippen LogP contribution in [-0.4, -0.2) is 0 Å². The van der Waals surface area contributed by atoms with Gasteiger partial charge < -0.3 is 9.32 Å². The molecule has 0 N–H and O–H groups in total. The third-order valence-corrected chi connectivity index (χ3v) is 11.6. The lowest BCUT2D eigenvalue weighted by molar-refractivity contribution is 0.670. The Morgan fingerprint density at radius 1 is 0.283 bits per heavy atom. The lowest BCUT2D eigenvalue weighted by Crippen LogP contribution is -2.10. The van der Waals surface area contributed by atoms with Gasteiger partial charge in [-0.15, -0.1) is 0 Å². The molecule has 10 aromatic carbocycles. The van der Waals surface area contributed by atoms with E-state index in [-0.39, 0.29) is 0 Å². The summed E-state index contributed by atoms with van der Waals surface area (Å²) in [5.74, 6) is 0. The van der Waals surface area contributed by atoms with Gasteiger partial charge in [-0.25, -0.2) is 0 Å². The fraction of sp³-hybridized carbons (Fsp3) is 0. The fourth-order valence-electron chi connectivity index (χ4n) is 8.66. The topological polar surface area (TPSA) is 16.4 Å². The number of rotatable bonds is 8. The minimum atomic E-state index is 0.902. The highest BCUT2D eigenvalue weighted by atomic mass is 16.3. The van der Waals surface area contributed by atoms with Gasteiger partial charge in [0.15, 0.2) is 0 Å². The average molecular weight is 766 g/mol. The number of para-hydroxylation sites is 1. The van der Waals surface area contributed by atoms with E-state index in [4.69, 9.17) is 4.42 Å². The predicted molar refractivity (Wildman–Crippen MR) is 253 cm³/mol. The highest BCUT2D eigenvalue weighted by Gasteiger charge is 2.18. The maximum atomic E-state index is 6.57. The minimum absolute atomic E-state index is 0.902. The van der Waals surface area contributed by atoms with Crippen LogP contribution in [0.2, 0.25) is 0 Å². The first-order chi connectivity index (χ1) is 29.7. The highest BCUT2D eigenvalue weighted by Crippen LogP contribution is 2.43. The van der Waals surface area contributed by atoms with Gasteiger partial charge in [-0.3, -0.25) is 0 Å². The van der Waals surface area contributed by atoms with Crippen LogP contribution >= 0.6 is 0 Å². The van der Waals surface area contributed by atoms with Crippen molar-refractivity contribution in [3.05, 3.63) is 237 Å². The van der Waals surface area contributed by atoms with E-state index in [1.54, 1.807) is 0 Å². The second kappa shape index (κ2) is 15.1. The van der Waals surface area contributed by atoms with E-state index < -0.39 is 0 Å². The number of hydrogen-bond donors (Lipinski definition) is 0. The van der Waals surface area contributed by atoms with Crippen LogP contribution in [0.3, 0.4) is 0 Å². The Bertz CT molecular complexity index is 3280. The quantitative estimate of drug-likeness (QED) is 0.153. The van der Waals surface area contributed by atoms with Crippen LogP contribution < -0.4 is 4.90 Å². The number of fused-ring (bicyclic) bond motifs is 5. The van der Waals surface area contributed by atoms with Crippen LogP contribution in [0.4, 0.5) is 17.1 Å². The number of nitrogens with zero attached hydrogens (tertiary/aromatic N) is 1. The molecule has 0 aliphatic carbocycles. The van der Waals surface area contributed by atoms with Crippen molar-refractivity contribution in [3.63, 3.8) is 0 Å². The smallest absolute Gasteiger partial charge is 0.143 e. The normalized spacial score (nSPS) is 11.3. The maximum Gasteiger partial charge on any atom is 0.143 e. The Hall–Kier alpha value is -7.94. The molecule has 0 spiro atoms. The summed E-state index contributed by atoms with van der Waals surface area (Å²) in [6.45, 7) is 0. The molecule has 1 aromatic heterocycles. The van der Waals surface area contributed by atoms with E-state index in [2.05, 4.69) is 235 Å². The van der Waals surface area contributed by atoms with Crippen molar-refractivity contribution in [1.29, 1.82) is 0 Å². The molecule has 11 aromatic rings. The molecule has 0 unspecified atom stereocenters. The Morgan fingerprint density at radius 3 is 1.35 bits per heavy atom. The number of anilines is 3. The van der Waals surface area contributed by atoms with Crippen molar-refractivity contribution in [3.8, 4) is 55.6 Å². The third-order valence-electron chi connectivity index (χ3n) is 11.6. The van der Waals surface area contributed by atoms with Gasteiger partial charge in [0, 0.05) is 33.4 Å². The molecule has 0 radical (unpaired) electrons. The summed E-state index contributed by atoms with van der Waals surface area (Å²) in [6.07, 6.45) is 0. The molecule has 11 rings (SSSR count). The van der Waals surface area contributed by atoms with Gasteiger partial charge >= 0.3 is 0 Å². The lowest BCUT2D eigenvalue weighted by Gasteiger charge is -2.27. The van der Waals surface area contributed by atoms with Crippen molar-refractivity contribution in [2.75, 3.05) is 4.90 Å². The summed E-state index contributed by atoms with van der Waals surface area (Å²) >= 11 is 0. The molecule has 1 heterocycles. The SMILES string of the molecule is c1ccc(-c2ccc(-c3ccc(N(c4cccc(-c5ccccc5)c4)c4cccc(-c5ccc6c(c5)cc(-c5ccccc5)c5oc7ccccc7c56)c4)cc3)cc2)cc1. The van der Waals surface area contributed by atoms with Gasteiger partial charge in [0.25, 0.3) is 0 Å². The van der Waals surface area contributed by atoms with Crippen LogP contribution in [0.25, 0.3) is 88.3 Å². The standard InChI is InChI=1S/C58H39NO/c1-4-14-40(15-5-1)42-26-28-43(29-27-42)44-30-33-50(34-31-44)59(51-22-12-20-46(37-51)41-16-6-2-7-17-41)52-23-13-21-47(38-52)48-32-35-53-49(36-48)39-55(45-18-8-3-9-19-45)58-57(53)54-24-10-11-25-56(54)60-58/h1-39H. The van der Waals surface area contributed by atoms with Crippen LogP contribution in [0.5, 0.6) is 0 Å². The van der Waals surface area contributed by atoms with Gasteiger partial charge in [-0.05, 0) is 115 Å². The third kappa shape index (κ3) is 6.51. The largest absolute Gasteiger partial charge is 0.455 e. The molecule has 0 aliphatic heterocycles. The molecule has 2 nitrogen and oxygen atoms in total. The number of furan rings is 1. The van der Waals surface area contributed by atoms with E-state index >= 15 is 0 Å². The number of hydrogen-bond acceptors (Lipinski definition) is 2. The van der Waals surface area contributed by atoms with Crippen LogP contribution in [0.15, 0.2) is 241 Å². The van der Waals surface area contributed by atoms with Crippen LogP contribution in [0, 0.1) is 0 Å². The Balaban J connectivity index is 1.01. The van der Waals surface area contributed by atoms with Crippen LogP contribution in [-0.2, 0) is 0 Å². The van der Waals surface area contributed by atoms with Crippen molar-refractivity contribution < 1.29 is 4.42 Å². The summed E-state index contributed by atoms with van der Waals surface area (Å²) in [5, 5.41) is 4.65. The maximum absolute atomic E-state index is 6.57. The second-order valence-corrected chi connectivity index (χ2v) is 15.3. The first-order valence-electron chi connectivity index (χ1n) is 20.5. The summed E-state index contributed by atoms with van der Waals surface area (Å²) < 4.78 is 6.57. The van der Waals surface area contributed by atoms with E-state index in [9.17, 15) is 0 Å². The summed E-state index contributed by atoms with van der Waals surface area (Å²) in [4.78, 5) is 2.37. The van der Waals surface area contributed by atoms with Gasteiger partial charge in [0.2, 0.25) is 0 Å². The molecular formula is C58H39NO. The molecule has 0 saturated carbocycles. The molecule has 0 amide bonds. The molecule has 0 fully saturated rings. The van der Waals surface area contributed by atoms with Gasteiger partial charge in [-0.1, -0.05) is 182 Å². The van der Waals surface area contributed by atoms with Gasteiger partial charge in [-0.2, -0.15) is 0 Å². The molecule has 0 atom stereocenters. The Morgan fingerprint density at radius 2 is 0.733 bits per heavy atom. The average Bonchev–Trinajstić information content (AvgIpc) is 3.73. The molecule has 0 bridgehead atoms. The number of benzene rings is 10. The minimum Gasteiger partial charge on any atom is -0.455 e. The van der Waals surface area contributed by atoms with Crippen molar-refractivity contribution >= 4 is 49.8 Å². The molecule has 60 heavy (non-hydrogen) atoms. The van der Waals surface area contributed by atoms with Crippen molar-refractivity contribution in [2.24, 2.45) is 0 Å². The van der Waals surface area contributed by atoms with Crippen molar-refractivity contribution in [1.82, 2.24) is 0 Å². The Labute approximate surface area is 349 Å². The first-order valence-corrected chi connectivity index (χ1v) is 20.5. The van der Waals surface area contributed by atoms with Crippen LogP contribution in [0.1, 0.15) is 0 Å². The molecule has 0 saturated heterocycles. The summed E-state index contributed by atoms with van der Waals surface area (Å²) in [6, 6.07) is 84.8. The van der Waals surface area contributed by atoms with E-state index in [1.807, 2.05) is 6.07 Å². The Kier molecular flexibility index (Phi) is 8.87. The summed E-state index contributed by atoms with van der Waals surface area (Å²) in [7, 11) is 0. The molecule has 0 aliphatic rings. The monoisotopic (exact) mass is 765 g/mol. The lowest BCUT2D eigenvalue weighted by atomic mass is 9.94. The zero-order valence-corrected chi connectivity index (χ0v) is 32.9. The summed E-state index contributed by atoms with van der Waals surface area (Å²) in [5.41, 5.74) is 16.8. The zero-order chi connectivity index (χ0) is 39.8. The van der Waals surface area contributed by atoms with Gasteiger partial charge in [0.1, 0.15) is 11.2 Å². The van der Waals surface area contributed by atoms with E-state index in [0.717, 1.165) is 61.3 Å². The van der Waals surface area contributed by atoms with E-state index in [1.165, 1.54) is 44.2 Å². The molecule has 2 heteroatoms. The zero-order valence-electron chi connectivity index (χ0n) is 32.9. The first kappa shape index (κ1) is 35.2. The second-order valence-electron chi connectivity index (χ2n) is 15.3. The predicted octanol–water partition coefficient (Wildman–Crippen LogP) is 16.5. The fourth-order valence-corrected chi connectivity index (χ4v) is 8.66.